The van der Waals surface area contributed by atoms with Crippen molar-refractivity contribution in [2.24, 2.45) is 5.92 Å². The highest BCUT2D eigenvalue weighted by molar-refractivity contribution is 5.73. The van der Waals surface area contributed by atoms with Crippen molar-refractivity contribution in [1.29, 1.82) is 0 Å². The Labute approximate surface area is 183 Å². The largest absolute Gasteiger partial charge is 0.493 e. The first-order chi connectivity index (χ1) is 15.1. The summed E-state index contributed by atoms with van der Waals surface area (Å²) >= 11 is 0. The fourth-order valence-electron chi connectivity index (χ4n) is 4.30. The molecular weight excluding hydrogens is 390 g/mol. The van der Waals surface area contributed by atoms with E-state index in [0.29, 0.717) is 25.5 Å². The molecule has 2 atom stereocenters. The lowest BCUT2D eigenvalue weighted by molar-refractivity contribution is -0.148. The van der Waals surface area contributed by atoms with Crippen LogP contribution in [0, 0.1) is 12.8 Å². The number of hydrogen-bond donors (Lipinski definition) is 0. The molecule has 162 valence electrons. The van der Waals surface area contributed by atoms with Crippen LogP contribution in [0.2, 0.25) is 0 Å². The Balaban J connectivity index is 1.37. The summed E-state index contributed by atoms with van der Waals surface area (Å²) < 4.78 is 17.1. The number of aryl methyl sites for hydroxylation is 2. The van der Waals surface area contributed by atoms with Crippen molar-refractivity contribution in [3.8, 4) is 17.2 Å². The predicted molar refractivity (Wildman–Crippen MR) is 119 cm³/mol. The Morgan fingerprint density at radius 2 is 2.03 bits per heavy atom. The van der Waals surface area contributed by atoms with Crippen molar-refractivity contribution < 1.29 is 18.7 Å². The molecule has 4 rings (SSSR count). The van der Waals surface area contributed by atoms with Crippen LogP contribution in [0.4, 0.5) is 0 Å². The minimum atomic E-state index is -0.123. The van der Waals surface area contributed by atoms with Gasteiger partial charge in [0.1, 0.15) is 11.5 Å². The Kier molecular flexibility index (Phi) is 6.40. The third-order valence-electron chi connectivity index (χ3n) is 6.02. The van der Waals surface area contributed by atoms with Crippen LogP contribution in [-0.4, -0.2) is 24.2 Å². The van der Waals surface area contributed by atoms with E-state index in [0.717, 1.165) is 35.6 Å². The minimum absolute atomic E-state index is 0.112. The standard InChI is InChI=1S/C26H29NO4/c1-4-29-26(28)17(2)22-12-10-20-16-21(11-13-23(20)22)30-15-14-24-18(3)31-25(27-24)19-8-6-5-7-9-19/h5-9,11,13,16-17,22H,4,10,12,14-15H2,1-3H3. The monoisotopic (exact) mass is 419 g/mol. The quantitative estimate of drug-likeness (QED) is 0.451. The van der Waals surface area contributed by atoms with Crippen LogP contribution in [-0.2, 0) is 22.4 Å². The van der Waals surface area contributed by atoms with Crippen molar-refractivity contribution in [2.45, 2.75) is 46.0 Å². The number of hydrogen-bond acceptors (Lipinski definition) is 5. The summed E-state index contributed by atoms with van der Waals surface area (Å²) in [5, 5.41) is 0. The second kappa shape index (κ2) is 9.38. The van der Waals surface area contributed by atoms with E-state index in [4.69, 9.17) is 13.9 Å². The van der Waals surface area contributed by atoms with Crippen LogP contribution < -0.4 is 4.74 Å². The van der Waals surface area contributed by atoms with Crippen molar-refractivity contribution in [3.05, 3.63) is 71.1 Å². The maximum Gasteiger partial charge on any atom is 0.309 e. The smallest absolute Gasteiger partial charge is 0.309 e. The van der Waals surface area contributed by atoms with Gasteiger partial charge in [0.25, 0.3) is 0 Å². The summed E-state index contributed by atoms with van der Waals surface area (Å²) in [6.07, 6.45) is 2.62. The average Bonchev–Trinajstić information content (AvgIpc) is 3.37. The zero-order chi connectivity index (χ0) is 21.8. The Morgan fingerprint density at radius 3 is 2.81 bits per heavy atom. The van der Waals surface area contributed by atoms with Gasteiger partial charge in [-0.15, -0.1) is 0 Å². The highest BCUT2D eigenvalue weighted by Gasteiger charge is 2.32. The third-order valence-corrected chi connectivity index (χ3v) is 6.02. The van der Waals surface area contributed by atoms with Gasteiger partial charge in [-0.25, -0.2) is 4.98 Å². The van der Waals surface area contributed by atoms with Gasteiger partial charge in [0.2, 0.25) is 5.89 Å². The topological polar surface area (TPSA) is 61.6 Å². The summed E-state index contributed by atoms with van der Waals surface area (Å²) in [5.41, 5.74) is 4.40. The molecule has 1 aromatic heterocycles. The number of benzene rings is 2. The maximum atomic E-state index is 12.1. The first kappa shape index (κ1) is 21.2. The second-order valence-corrected chi connectivity index (χ2v) is 8.03. The van der Waals surface area contributed by atoms with E-state index in [9.17, 15) is 4.79 Å². The summed E-state index contributed by atoms with van der Waals surface area (Å²) in [6, 6.07) is 16.1. The molecule has 31 heavy (non-hydrogen) atoms. The molecule has 1 aliphatic rings. The number of carbonyl (C=O) groups excluding carboxylic acids is 1. The van der Waals surface area contributed by atoms with Crippen LogP contribution in [0.15, 0.2) is 52.9 Å². The lowest BCUT2D eigenvalue weighted by Crippen LogP contribution is -2.20. The van der Waals surface area contributed by atoms with E-state index in [2.05, 4.69) is 17.1 Å². The molecule has 5 nitrogen and oxygen atoms in total. The van der Waals surface area contributed by atoms with E-state index in [-0.39, 0.29) is 17.8 Å². The molecule has 0 amide bonds. The zero-order valence-corrected chi connectivity index (χ0v) is 18.4. The molecule has 0 spiro atoms. The Morgan fingerprint density at radius 1 is 1.23 bits per heavy atom. The first-order valence-electron chi connectivity index (χ1n) is 11.0. The fourth-order valence-corrected chi connectivity index (χ4v) is 4.30. The van der Waals surface area contributed by atoms with Gasteiger partial charge in [-0.1, -0.05) is 31.2 Å². The normalized spacial score (nSPS) is 16.0. The molecule has 2 unspecified atom stereocenters. The summed E-state index contributed by atoms with van der Waals surface area (Å²) in [7, 11) is 0. The van der Waals surface area contributed by atoms with Crippen LogP contribution >= 0.6 is 0 Å². The van der Waals surface area contributed by atoms with E-state index < -0.39 is 0 Å². The van der Waals surface area contributed by atoms with Gasteiger partial charge in [-0.05, 0) is 68.0 Å². The van der Waals surface area contributed by atoms with Crippen molar-refractivity contribution in [2.75, 3.05) is 13.2 Å². The third kappa shape index (κ3) is 4.66. The SMILES string of the molecule is CCOC(=O)C(C)C1CCc2cc(OCCc3nc(-c4ccccc4)oc3C)ccc21. The zero-order valence-electron chi connectivity index (χ0n) is 18.4. The van der Waals surface area contributed by atoms with Gasteiger partial charge >= 0.3 is 5.97 Å². The lowest BCUT2D eigenvalue weighted by Gasteiger charge is -2.19. The summed E-state index contributed by atoms with van der Waals surface area (Å²) in [5.74, 6) is 2.31. The molecule has 3 aromatic rings. The molecule has 0 N–H and O–H groups in total. The van der Waals surface area contributed by atoms with Gasteiger partial charge in [-0.2, -0.15) is 0 Å². The first-order valence-corrected chi connectivity index (χ1v) is 11.0. The van der Waals surface area contributed by atoms with Gasteiger partial charge in [0.15, 0.2) is 0 Å². The van der Waals surface area contributed by atoms with Crippen LogP contribution in [0.1, 0.15) is 48.8 Å². The van der Waals surface area contributed by atoms with E-state index >= 15 is 0 Å². The highest BCUT2D eigenvalue weighted by Crippen LogP contribution is 2.40. The number of carbonyl (C=O) groups is 1. The molecule has 1 heterocycles. The lowest BCUT2D eigenvalue weighted by atomic mass is 9.88. The number of ether oxygens (including phenoxy) is 2. The predicted octanol–water partition coefficient (Wildman–Crippen LogP) is 5.50. The van der Waals surface area contributed by atoms with E-state index in [1.165, 1.54) is 11.1 Å². The molecule has 2 aromatic carbocycles. The molecule has 1 aliphatic carbocycles. The number of nitrogens with zero attached hydrogens (tertiary/aromatic N) is 1. The molecule has 0 fully saturated rings. The molecule has 0 radical (unpaired) electrons. The number of esters is 1. The van der Waals surface area contributed by atoms with Crippen molar-refractivity contribution in [1.82, 2.24) is 4.98 Å². The summed E-state index contributed by atoms with van der Waals surface area (Å²) in [4.78, 5) is 16.8. The fraction of sp³-hybridized carbons (Fsp3) is 0.385. The highest BCUT2D eigenvalue weighted by atomic mass is 16.5. The van der Waals surface area contributed by atoms with Gasteiger partial charge in [0.05, 0.1) is 24.8 Å². The van der Waals surface area contributed by atoms with Gasteiger partial charge in [0, 0.05) is 12.0 Å². The van der Waals surface area contributed by atoms with Gasteiger partial charge in [-0.3, -0.25) is 4.79 Å². The second-order valence-electron chi connectivity index (χ2n) is 8.03. The number of fused-ring (bicyclic) bond motifs is 1. The average molecular weight is 420 g/mol. The Hall–Kier alpha value is -3.08. The van der Waals surface area contributed by atoms with Gasteiger partial charge < -0.3 is 13.9 Å². The number of rotatable bonds is 8. The van der Waals surface area contributed by atoms with Crippen LogP contribution in [0.5, 0.6) is 5.75 Å². The molecule has 5 heteroatoms. The molecule has 0 aliphatic heterocycles. The van der Waals surface area contributed by atoms with Crippen molar-refractivity contribution in [3.63, 3.8) is 0 Å². The van der Waals surface area contributed by atoms with Crippen LogP contribution in [0.25, 0.3) is 11.5 Å². The maximum absolute atomic E-state index is 12.1. The van der Waals surface area contributed by atoms with Crippen molar-refractivity contribution >= 4 is 5.97 Å². The van der Waals surface area contributed by atoms with E-state index in [1.807, 2.05) is 57.2 Å². The molecule has 0 saturated heterocycles. The van der Waals surface area contributed by atoms with Crippen LogP contribution in [0.3, 0.4) is 0 Å². The Bertz CT molecular complexity index is 1040. The number of oxazole rings is 1. The summed E-state index contributed by atoms with van der Waals surface area (Å²) in [6.45, 7) is 6.71. The molecule has 0 bridgehead atoms. The molecule has 0 saturated carbocycles. The number of aromatic nitrogens is 1. The van der Waals surface area contributed by atoms with E-state index in [1.54, 1.807) is 0 Å². The molecular formula is C26H29NO4. The minimum Gasteiger partial charge on any atom is -0.493 e.